The first-order valence-corrected chi connectivity index (χ1v) is 11.2. The number of rotatable bonds is 12. The smallest absolute Gasteiger partial charge is 0.307 e. The van der Waals surface area contributed by atoms with Gasteiger partial charge in [0.25, 0.3) is 0 Å². The van der Waals surface area contributed by atoms with E-state index >= 15 is 0 Å². The number of ether oxygens (including phenoxy) is 3. The summed E-state index contributed by atoms with van der Waals surface area (Å²) in [4.78, 5) is 12.1. The van der Waals surface area contributed by atoms with Crippen molar-refractivity contribution in [2.75, 3.05) is 20.3 Å². The molecule has 0 fully saturated rings. The minimum Gasteiger partial charge on any atom is -0.494 e. The van der Waals surface area contributed by atoms with Crippen molar-refractivity contribution in [3.8, 4) is 23.3 Å². The van der Waals surface area contributed by atoms with Gasteiger partial charge in [-0.2, -0.15) is 0 Å². The lowest BCUT2D eigenvalue weighted by molar-refractivity contribution is -0.143. The van der Waals surface area contributed by atoms with Crippen molar-refractivity contribution in [2.24, 2.45) is 0 Å². The van der Waals surface area contributed by atoms with Crippen LogP contribution in [-0.4, -0.2) is 41.1 Å². The molecule has 8 nitrogen and oxygen atoms in total. The molecule has 2 aromatic carbocycles. The number of carbonyl (C=O) groups is 1. The molecule has 0 radical (unpaired) electrons. The van der Waals surface area contributed by atoms with Crippen LogP contribution in [-0.2, 0) is 22.6 Å². The summed E-state index contributed by atoms with van der Waals surface area (Å²) in [6.45, 7) is 5.20. The van der Waals surface area contributed by atoms with Crippen LogP contribution in [0.5, 0.6) is 23.3 Å². The second-order valence-electron chi connectivity index (χ2n) is 7.89. The topological polar surface area (TPSA) is 102 Å². The SMILES string of the molecule is CCOC(=O)CC(NCc1ccc(OCCn2c(O)ccc2O)c(OC)c1)c1ccc(C)cc1. The van der Waals surface area contributed by atoms with Gasteiger partial charge in [-0.3, -0.25) is 9.36 Å². The molecule has 0 saturated heterocycles. The highest BCUT2D eigenvalue weighted by Gasteiger charge is 2.17. The molecule has 1 atom stereocenters. The molecule has 0 aliphatic rings. The lowest BCUT2D eigenvalue weighted by Crippen LogP contribution is -2.24. The zero-order valence-corrected chi connectivity index (χ0v) is 19.8. The monoisotopic (exact) mass is 468 g/mol. The maximum absolute atomic E-state index is 12.1. The normalized spacial score (nSPS) is 11.7. The fourth-order valence-electron chi connectivity index (χ4n) is 3.60. The summed E-state index contributed by atoms with van der Waals surface area (Å²) in [5, 5.41) is 22.9. The van der Waals surface area contributed by atoms with E-state index in [0.717, 1.165) is 16.7 Å². The molecule has 0 spiro atoms. The summed E-state index contributed by atoms with van der Waals surface area (Å²) in [7, 11) is 1.57. The lowest BCUT2D eigenvalue weighted by atomic mass is 10.0. The molecule has 1 aromatic heterocycles. The third kappa shape index (κ3) is 6.68. The summed E-state index contributed by atoms with van der Waals surface area (Å²) in [6, 6.07) is 16.4. The van der Waals surface area contributed by atoms with Crippen LogP contribution in [0.4, 0.5) is 0 Å². The number of carbonyl (C=O) groups excluding carboxylic acids is 1. The maximum Gasteiger partial charge on any atom is 0.307 e. The summed E-state index contributed by atoms with van der Waals surface area (Å²) >= 11 is 0. The first kappa shape index (κ1) is 25.0. The zero-order valence-electron chi connectivity index (χ0n) is 19.8. The largest absolute Gasteiger partial charge is 0.494 e. The van der Waals surface area contributed by atoms with E-state index < -0.39 is 0 Å². The molecule has 1 unspecified atom stereocenters. The third-order valence-corrected chi connectivity index (χ3v) is 5.44. The Bertz CT molecular complexity index is 1060. The number of esters is 1. The van der Waals surface area contributed by atoms with E-state index in [2.05, 4.69) is 5.32 Å². The molecular formula is C26H32N2O6. The Balaban J connectivity index is 1.64. The molecule has 0 aliphatic carbocycles. The van der Waals surface area contributed by atoms with Crippen molar-refractivity contribution < 1.29 is 29.2 Å². The van der Waals surface area contributed by atoms with E-state index in [0.29, 0.717) is 24.7 Å². The van der Waals surface area contributed by atoms with Crippen LogP contribution in [0.15, 0.2) is 54.6 Å². The Hall–Kier alpha value is -3.65. The Kier molecular flexibility index (Phi) is 8.81. The summed E-state index contributed by atoms with van der Waals surface area (Å²) in [5.41, 5.74) is 3.13. The van der Waals surface area contributed by atoms with Gasteiger partial charge in [0.15, 0.2) is 23.3 Å². The molecule has 0 saturated carbocycles. The highest BCUT2D eigenvalue weighted by atomic mass is 16.5. The fraction of sp³-hybridized carbons (Fsp3) is 0.346. The summed E-state index contributed by atoms with van der Waals surface area (Å²) in [5.74, 6) is 0.819. The average molecular weight is 469 g/mol. The number of aryl methyl sites for hydroxylation is 1. The molecule has 34 heavy (non-hydrogen) atoms. The van der Waals surface area contributed by atoms with Gasteiger partial charge in [-0.15, -0.1) is 0 Å². The van der Waals surface area contributed by atoms with Gasteiger partial charge in [0.2, 0.25) is 0 Å². The van der Waals surface area contributed by atoms with Crippen molar-refractivity contribution in [3.05, 3.63) is 71.3 Å². The van der Waals surface area contributed by atoms with Crippen LogP contribution in [0.2, 0.25) is 0 Å². The number of hydrogen-bond donors (Lipinski definition) is 3. The van der Waals surface area contributed by atoms with E-state index in [1.807, 2.05) is 49.4 Å². The Morgan fingerprint density at radius 3 is 2.38 bits per heavy atom. The van der Waals surface area contributed by atoms with E-state index in [-0.39, 0.29) is 43.3 Å². The average Bonchev–Trinajstić information content (AvgIpc) is 3.15. The Labute approximate surface area is 199 Å². The standard InChI is InChI=1S/C26H32N2O6/c1-4-33-26(31)16-21(20-8-5-18(2)6-9-20)27-17-19-7-10-22(23(15-19)32-3)34-14-13-28-24(29)11-12-25(28)30/h5-12,15,21,27,29-30H,4,13-14,16-17H2,1-3H3. The highest BCUT2D eigenvalue weighted by Crippen LogP contribution is 2.29. The van der Waals surface area contributed by atoms with Crippen LogP contribution < -0.4 is 14.8 Å². The van der Waals surface area contributed by atoms with Gasteiger partial charge in [-0.25, -0.2) is 0 Å². The Morgan fingerprint density at radius 1 is 1.03 bits per heavy atom. The van der Waals surface area contributed by atoms with Gasteiger partial charge in [0, 0.05) is 24.7 Å². The molecule has 3 rings (SSSR count). The van der Waals surface area contributed by atoms with Crippen molar-refractivity contribution in [1.29, 1.82) is 0 Å². The number of hydrogen-bond acceptors (Lipinski definition) is 7. The number of nitrogens with one attached hydrogen (secondary N) is 1. The van der Waals surface area contributed by atoms with E-state index in [1.54, 1.807) is 14.0 Å². The molecule has 8 heteroatoms. The van der Waals surface area contributed by atoms with E-state index in [4.69, 9.17) is 14.2 Å². The number of aromatic nitrogens is 1. The maximum atomic E-state index is 12.1. The van der Waals surface area contributed by atoms with Crippen LogP contribution in [0.1, 0.15) is 36.1 Å². The van der Waals surface area contributed by atoms with Gasteiger partial charge in [-0.05, 0) is 37.1 Å². The summed E-state index contributed by atoms with van der Waals surface area (Å²) in [6.07, 6.45) is 0.230. The zero-order chi connectivity index (χ0) is 24.5. The van der Waals surface area contributed by atoms with Crippen molar-refractivity contribution in [1.82, 2.24) is 9.88 Å². The predicted octanol–water partition coefficient (Wildman–Crippen LogP) is 4.08. The number of methoxy groups -OCH3 is 1. The van der Waals surface area contributed by atoms with Gasteiger partial charge < -0.3 is 29.7 Å². The quantitative estimate of drug-likeness (QED) is 0.344. The van der Waals surface area contributed by atoms with Crippen molar-refractivity contribution in [3.63, 3.8) is 0 Å². The molecule has 3 N–H and O–H groups in total. The van der Waals surface area contributed by atoms with Crippen LogP contribution in [0, 0.1) is 6.92 Å². The molecule has 0 amide bonds. The first-order valence-electron chi connectivity index (χ1n) is 11.2. The number of aromatic hydroxyl groups is 2. The molecule has 0 bridgehead atoms. The fourth-order valence-corrected chi connectivity index (χ4v) is 3.60. The van der Waals surface area contributed by atoms with Crippen LogP contribution >= 0.6 is 0 Å². The van der Waals surface area contributed by atoms with Gasteiger partial charge in [-0.1, -0.05) is 35.9 Å². The lowest BCUT2D eigenvalue weighted by Gasteiger charge is -2.19. The molecule has 0 aliphatic heterocycles. The van der Waals surface area contributed by atoms with E-state index in [9.17, 15) is 15.0 Å². The van der Waals surface area contributed by atoms with Crippen LogP contribution in [0.25, 0.3) is 0 Å². The van der Waals surface area contributed by atoms with Crippen molar-refractivity contribution >= 4 is 5.97 Å². The van der Waals surface area contributed by atoms with E-state index in [1.165, 1.54) is 16.7 Å². The molecule has 3 aromatic rings. The Morgan fingerprint density at radius 2 is 1.74 bits per heavy atom. The third-order valence-electron chi connectivity index (χ3n) is 5.44. The van der Waals surface area contributed by atoms with Crippen LogP contribution in [0.3, 0.4) is 0 Å². The predicted molar refractivity (Wildman–Crippen MR) is 128 cm³/mol. The van der Waals surface area contributed by atoms with Gasteiger partial charge in [0.05, 0.1) is 26.7 Å². The molecule has 182 valence electrons. The second-order valence-corrected chi connectivity index (χ2v) is 7.89. The minimum absolute atomic E-state index is 0.0274. The summed E-state index contributed by atoms with van der Waals surface area (Å²) < 4.78 is 17.8. The first-order chi connectivity index (χ1) is 16.4. The highest BCUT2D eigenvalue weighted by molar-refractivity contribution is 5.70. The van der Waals surface area contributed by atoms with Gasteiger partial charge in [0.1, 0.15) is 6.61 Å². The second kappa shape index (κ2) is 12.0. The minimum atomic E-state index is -0.248. The number of nitrogens with zero attached hydrogens (tertiary/aromatic N) is 1. The molecule has 1 heterocycles. The molecular weight excluding hydrogens is 436 g/mol. The van der Waals surface area contributed by atoms with Gasteiger partial charge >= 0.3 is 5.97 Å². The van der Waals surface area contributed by atoms with Crippen molar-refractivity contribution in [2.45, 2.75) is 39.4 Å². The number of benzene rings is 2.